The molecular formula is C32H51N9O5S2. The zero-order valence-electron chi connectivity index (χ0n) is 29.0. The lowest BCUT2D eigenvalue weighted by Gasteiger charge is -2.37. The average molecular weight is 706 g/mol. The number of rotatable bonds is 17. The summed E-state index contributed by atoms with van der Waals surface area (Å²) in [7, 11) is -2.23. The molecule has 0 aliphatic heterocycles. The minimum atomic E-state index is -3.92. The Balaban J connectivity index is 1.49. The quantitative estimate of drug-likeness (QED) is 0.224. The standard InChI is InChI=1S/C32H51N9O5S2/c1-7-19-38(20-8-2)29-15-13-28(14-16-29)35-23-26-9-11-27(12-10-26)32(42)39(24-30-33-17-21-40(30)47(43,44)36(3)4)25-31-34-18-22-41(31)48(45,46)37(5)6/h9-12,17-18,21-22,28-29,35H,7-8,13-16,19-20,23-25H2,1-6H3. The van der Waals surface area contributed by atoms with Gasteiger partial charge in [0.2, 0.25) is 0 Å². The first kappa shape index (κ1) is 37.7. The van der Waals surface area contributed by atoms with E-state index >= 15 is 0 Å². The average Bonchev–Trinajstić information content (AvgIpc) is 3.74. The van der Waals surface area contributed by atoms with Crippen molar-refractivity contribution < 1.29 is 21.6 Å². The molecule has 0 saturated heterocycles. The van der Waals surface area contributed by atoms with Crippen molar-refractivity contribution in [1.29, 1.82) is 0 Å². The summed E-state index contributed by atoms with van der Waals surface area (Å²) in [5.74, 6) is -0.243. The number of hydrogen-bond donors (Lipinski definition) is 1. The van der Waals surface area contributed by atoms with Gasteiger partial charge in [-0.05, 0) is 69.3 Å². The van der Waals surface area contributed by atoms with Crippen LogP contribution in [-0.4, -0.2) is 112 Å². The lowest BCUT2D eigenvalue weighted by Crippen LogP contribution is -2.43. The van der Waals surface area contributed by atoms with Gasteiger partial charge in [-0.15, -0.1) is 0 Å². The normalized spacial score (nSPS) is 17.4. The number of benzene rings is 1. The van der Waals surface area contributed by atoms with E-state index in [2.05, 4.69) is 34.0 Å². The third-order valence-electron chi connectivity index (χ3n) is 8.76. The third kappa shape index (κ3) is 8.90. The predicted octanol–water partition coefficient (Wildman–Crippen LogP) is 2.75. The van der Waals surface area contributed by atoms with Crippen molar-refractivity contribution in [2.24, 2.45) is 0 Å². The second-order valence-electron chi connectivity index (χ2n) is 12.6. The summed E-state index contributed by atoms with van der Waals surface area (Å²) < 4.78 is 55.9. The molecule has 3 aromatic rings. The Bertz CT molecular complexity index is 1610. The lowest BCUT2D eigenvalue weighted by atomic mass is 9.89. The number of hydrogen-bond acceptors (Lipinski definition) is 9. The Hall–Kier alpha value is -3.15. The SMILES string of the molecule is CCCN(CCC)C1CCC(NCc2ccc(C(=O)N(Cc3nccn3S(=O)(=O)N(C)C)Cc3nccn3S(=O)(=O)N(C)C)cc2)CC1. The molecule has 4 rings (SSSR count). The molecule has 1 aromatic carbocycles. The summed E-state index contributed by atoms with van der Waals surface area (Å²) in [5.41, 5.74) is 1.41. The van der Waals surface area contributed by atoms with E-state index in [-0.39, 0.29) is 24.7 Å². The van der Waals surface area contributed by atoms with Crippen LogP contribution in [0.15, 0.2) is 49.1 Å². The van der Waals surface area contributed by atoms with Gasteiger partial charge in [-0.2, -0.15) is 25.4 Å². The lowest BCUT2D eigenvalue weighted by molar-refractivity contribution is 0.0720. The van der Waals surface area contributed by atoms with Gasteiger partial charge in [-0.25, -0.2) is 17.9 Å². The Labute approximate surface area is 286 Å². The highest BCUT2D eigenvalue weighted by atomic mass is 32.2. The molecule has 2 heterocycles. The summed E-state index contributed by atoms with van der Waals surface area (Å²) in [6.07, 6.45) is 12.3. The van der Waals surface area contributed by atoms with Gasteiger partial charge < -0.3 is 15.1 Å². The van der Waals surface area contributed by atoms with Gasteiger partial charge in [0, 0.05) is 77.2 Å². The molecule has 0 radical (unpaired) electrons. The maximum Gasteiger partial charge on any atom is 0.308 e. The van der Waals surface area contributed by atoms with Crippen LogP contribution in [0.5, 0.6) is 0 Å². The molecule has 0 bridgehead atoms. The first-order valence-corrected chi connectivity index (χ1v) is 19.3. The highest BCUT2D eigenvalue weighted by Crippen LogP contribution is 2.24. The van der Waals surface area contributed by atoms with E-state index in [1.165, 1.54) is 83.6 Å². The second-order valence-corrected chi connectivity index (χ2v) is 16.7. The van der Waals surface area contributed by atoms with Gasteiger partial charge in [0.1, 0.15) is 11.6 Å². The van der Waals surface area contributed by atoms with E-state index in [9.17, 15) is 21.6 Å². The molecule has 1 fully saturated rings. The topological polar surface area (TPSA) is 146 Å². The van der Waals surface area contributed by atoms with Crippen molar-refractivity contribution in [3.8, 4) is 0 Å². The molecule has 1 aliphatic carbocycles. The number of nitrogens with one attached hydrogen (secondary N) is 1. The van der Waals surface area contributed by atoms with Crippen molar-refractivity contribution in [2.75, 3.05) is 41.3 Å². The molecule has 1 aliphatic rings. The van der Waals surface area contributed by atoms with E-state index in [4.69, 9.17) is 0 Å². The largest absolute Gasteiger partial charge is 0.324 e. The van der Waals surface area contributed by atoms with E-state index < -0.39 is 26.3 Å². The fraction of sp³-hybridized carbons (Fsp3) is 0.594. The van der Waals surface area contributed by atoms with Crippen LogP contribution in [0.4, 0.5) is 0 Å². The molecule has 0 atom stereocenters. The number of carbonyl (C=O) groups excluding carboxylic acids is 1. The van der Waals surface area contributed by atoms with Gasteiger partial charge in [0.05, 0.1) is 13.1 Å². The van der Waals surface area contributed by atoms with E-state index in [0.717, 1.165) is 48.0 Å². The van der Waals surface area contributed by atoms with Crippen molar-refractivity contribution in [3.05, 3.63) is 71.8 Å². The van der Waals surface area contributed by atoms with Crippen LogP contribution >= 0.6 is 0 Å². The highest BCUT2D eigenvalue weighted by Gasteiger charge is 2.28. The van der Waals surface area contributed by atoms with Gasteiger partial charge in [-0.1, -0.05) is 26.0 Å². The Morgan fingerprint density at radius 1 is 0.792 bits per heavy atom. The molecule has 14 nitrogen and oxygen atoms in total. The van der Waals surface area contributed by atoms with Crippen LogP contribution in [-0.2, 0) is 40.1 Å². The Kier molecular flexibility index (Phi) is 12.9. The van der Waals surface area contributed by atoms with Crippen LogP contribution in [0.25, 0.3) is 0 Å². The number of aromatic nitrogens is 4. The van der Waals surface area contributed by atoms with Gasteiger partial charge >= 0.3 is 20.4 Å². The Morgan fingerprint density at radius 3 is 1.71 bits per heavy atom. The monoisotopic (exact) mass is 705 g/mol. The summed E-state index contributed by atoms with van der Waals surface area (Å²) in [5, 5.41) is 3.69. The molecule has 1 amide bonds. The summed E-state index contributed by atoms with van der Waals surface area (Å²) >= 11 is 0. The van der Waals surface area contributed by atoms with E-state index in [1.807, 2.05) is 12.1 Å². The van der Waals surface area contributed by atoms with Crippen LogP contribution in [0, 0.1) is 0 Å². The fourth-order valence-electron chi connectivity index (χ4n) is 6.09. The fourth-order valence-corrected chi connectivity index (χ4v) is 7.95. The van der Waals surface area contributed by atoms with Gasteiger partial charge in [0.25, 0.3) is 5.91 Å². The first-order chi connectivity index (χ1) is 22.8. The Morgan fingerprint density at radius 2 is 1.27 bits per heavy atom. The van der Waals surface area contributed by atoms with Gasteiger partial charge in [-0.3, -0.25) is 4.79 Å². The molecule has 2 aromatic heterocycles. The zero-order valence-corrected chi connectivity index (χ0v) is 30.6. The molecule has 48 heavy (non-hydrogen) atoms. The molecule has 1 N–H and O–H groups in total. The summed E-state index contributed by atoms with van der Waals surface area (Å²) in [6.45, 7) is 7.07. The minimum absolute atomic E-state index is 0.0914. The first-order valence-electron chi connectivity index (χ1n) is 16.6. The minimum Gasteiger partial charge on any atom is -0.324 e. The van der Waals surface area contributed by atoms with Crippen LogP contribution < -0.4 is 5.32 Å². The smallest absolute Gasteiger partial charge is 0.308 e. The number of imidazole rings is 2. The highest BCUT2D eigenvalue weighted by molar-refractivity contribution is 7.87. The molecule has 0 unspecified atom stereocenters. The summed E-state index contributed by atoms with van der Waals surface area (Å²) in [4.78, 5) is 26.4. The molecule has 0 spiro atoms. The van der Waals surface area contributed by atoms with Crippen LogP contribution in [0.3, 0.4) is 0 Å². The van der Waals surface area contributed by atoms with Crippen LogP contribution in [0.2, 0.25) is 0 Å². The second kappa shape index (κ2) is 16.5. The van der Waals surface area contributed by atoms with E-state index in [0.29, 0.717) is 24.2 Å². The maximum absolute atomic E-state index is 14.0. The van der Waals surface area contributed by atoms with Crippen molar-refractivity contribution in [3.63, 3.8) is 0 Å². The molecular weight excluding hydrogens is 655 g/mol. The van der Waals surface area contributed by atoms with Crippen molar-refractivity contribution >= 4 is 26.3 Å². The molecule has 1 saturated carbocycles. The van der Waals surface area contributed by atoms with Gasteiger partial charge in [0.15, 0.2) is 0 Å². The third-order valence-corrected chi connectivity index (χ3v) is 12.3. The summed E-state index contributed by atoms with van der Waals surface area (Å²) in [6, 6.07) is 8.41. The zero-order chi connectivity index (χ0) is 35.1. The van der Waals surface area contributed by atoms with Crippen LogP contribution in [0.1, 0.15) is 79.9 Å². The molecule has 16 heteroatoms. The molecule has 266 valence electrons. The number of nitrogens with zero attached hydrogens (tertiary/aromatic N) is 8. The predicted molar refractivity (Wildman–Crippen MR) is 186 cm³/mol. The maximum atomic E-state index is 14.0. The van der Waals surface area contributed by atoms with Crippen molar-refractivity contribution in [1.82, 2.24) is 41.6 Å². The van der Waals surface area contributed by atoms with Crippen molar-refractivity contribution in [2.45, 2.75) is 84.1 Å². The number of carbonyl (C=O) groups is 1. The van der Waals surface area contributed by atoms with E-state index in [1.54, 1.807) is 12.1 Å². The number of amides is 1.